The van der Waals surface area contributed by atoms with E-state index < -0.39 is 0 Å². The maximum atomic E-state index is 12.0. The summed E-state index contributed by atoms with van der Waals surface area (Å²) >= 11 is 0. The van der Waals surface area contributed by atoms with Crippen LogP contribution in [0.3, 0.4) is 0 Å². The third-order valence-electron chi connectivity index (χ3n) is 3.45. The summed E-state index contributed by atoms with van der Waals surface area (Å²) in [6.45, 7) is 1.99. The maximum absolute atomic E-state index is 12.0. The fourth-order valence-electron chi connectivity index (χ4n) is 2.34. The van der Waals surface area contributed by atoms with Crippen LogP contribution < -0.4 is 10.6 Å². The number of hydrogen-bond donors (Lipinski definition) is 2. The lowest BCUT2D eigenvalue weighted by atomic mass is 10.1. The van der Waals surface area contributed by atoms with Crippen LogP contribution in [0, 0.1) is 0 Å². The highest BCUT2D eigenvalue weighted by Gasteiger charge is 2.17. The van der Waals surface area contributed by atoms with E-state index in [0.717, 1.165) is 18.4 Å². The molecule has 0 radical (unpaired) electrons. The Morgan fingerprint density at radius 3 is 2.37 bits per heavy atom. The summed E-state index contributed by atoms with van der Waals surface area (Å²) in [5.74, 6) is -0.0546. The number of amides is 2. The number of rotatable bonds is 4. The lowest BCUT2D eigenvalue weighted by Crippen LogP contribution is -2.32. The molecule has 2 N–H and O–H groups in total. The second-order valence-electron chi connectivity index (χ2n) is 5.06. The molecule has 19 heavy (non-hydrogen) atoms. The average Bonchev–Trinajstić information content (AvgIpc) is 2.89. The molecule has 1 fully saturated rings. The van der Waals surface area contributed by atoms with Gasteiger partial charge in [-0.3, -0.25) is 9.59 Å². The van der Waals surface area contributed by atoms with Crippen LogP contribution in [-0.4, -0.2) is 17.9 Å². The van der Waals surface area contributed by atoms with Gasteiger partial charge in [0.1, 0.15) is 0 Å². The first-order valence-corrected chi connectivity index (χ1v) is 6.79. The van der Waals surface area contributed by atoms with Gasteiger partial charge in [-0.1, -0.05) is 25.0 Å². The Morgan fingerprint density at radius 2 is 1.79 bits per heavy atom. The van der Waals surface area contributed by atoms with Crippen molar-refractivity contribution in [1.82, 2.24) is 10.6 Å². The number of carbonyl (C=O) groups is 2. The summed E-state index contributed by atoms with van der Waals surface area (Å²) in [5.41, 5.74) is 1.67. The van der Waals surface area contributed by atoms with E-state index in [9.17, 15) is 9.59 Å². The quantitative estimate of drug-likeness (QED) is 0.870. The van der Waals surface area contributed by atoms with Gasteiger partial charge in [0.05, 0.1) is 0 Å². The van der Waals surface area contributed by atoms with E-state index in [1.807, 2.05) is 12.1 Å². The molecule has 1 aromatic rings. The van der Waals surface area contributed by atoms with Crippen LogP contribution >= 0.6 is 0 Å². The summed E-state index contributed by atoms with van der Waals surface area (Å²) < 4.78 is 0. The summed E-state index contributed by atoms with van der Waals surface area (Å²) in [6, 6.07) is 7.70. The van der Waals surface area contributed by atoms with Crippen molar-refractivity contribution in [2.24, 2.45) is 0 Å². The van der Waals surface area contributed by atoms with Gasteiger partial charge in [0.25, 0.3) is 5.91 Å². The van der Waals surface area contributed by atoms with Crippen LogP contribution in [-0.2, 0) is 11.3 Å². The van der Waals surface area contributed by atoms with Gasteiger partial charge in [-0.2, -0.15) is 0 Å². The minimum absolute atomic E-state index is 0.00187. The lowest BCUT2D eigenvalue weighted by molar-refractivity contribution is -0.119. The molecule has 4 nitrogen and oxygen atoms in total. The fourth-order valence-corrected chi connectivity index (χ4v) is 2.34. The van der Waals surface area contributed by atoms with Gasteiger partial charge < -0.3 is 10.6 Å². The topological polar surface area (TPSA) is 58.2 Å². The Bertz CT molecular complexity index is 448. The standard InChI is InChI=1S/C15H20N2O2/c1-11(18)16-10-12-6-8-13(9-7-12)15(19)17-14-4-2-3-5-14/h6-9,14H,2-5,10H2,1H3,(H,16,18)(H,17,19). The van der Waals surface area contributed by atoms with Crippen molar-refractivity contribution in [2.45, 2.75) is 45.2 Å². The van der Waals surface area contributed by atoms with Gasteiger partial charge >= 0.3 is 0 Å². The molecule has 4 heteroatoms. The van der Waals surface area contributed by atoms with Crippen molar-refractivity contribution < 1.29 is 9.59 Å². The third-order valence-corrected chi connectivity index (χ3v) is 3.45. The summed E-state index contributed by atoms with van der Waals surface area (Å²) in [7, 11) is 0. The minimum atomic E-state index is -0.0527. The van der Waals surface area contributed by atoms with E-state index in [2.05, 4.69) is 10.6 Å². The molecule has 0 bridgehead atoms. The molecule has 0 aliphatic heterocycles. The largest absolute Gasteiger partial charge is 0.352 e. The van der Waals surface area contributed by atoms with Crippen LogP contribution in [0.1, 0.15) is 48.5 Å². The van der Waals surface area contributed by atoms with Crippen molar-refractivity contribution >= 4 is 11.8 Å². The highest BCUT2D eigenvalue weighted by atomic mass is 16.2. The molecule has 0 aromatic heterocycles. The van der Waals surface area contributed by atoms with Gasteiger partial charge in [-0.15, -0.1) is 0 Å². The van der Waals surface area contributed by atoms with E-state index in [-0.39, 0.29) is 11.8 Å². The van der Waals surface area contributed by atoms with E-state index in [4.69, 9.17) is 0 Å². The van der Waals surface area contributed by atoms with Gasteiger partial charge in [-0.25, -0.2) is 0 Å². The third kappa shape index (κ3) is 4.09. The highest BCUT2D eigenvalue weighted by molar-refractivity contribution is 5.94. The molecular weight excluding hydrogens is 240 g/mol. The molecule has 0 atom stereocenters. The smallest absolute Gasteiger partial charge is 0.251 e. The van der Waals surface area contributed by atoms with Crippen molar-refractivity contribution in [3.63, 3.8) is 0 Å². The minimum Gasteiger partial charge on any atom is -0.352 e. The Morgan fingerprint density at radius 1 is 1.16 bits per heavy atom. The molecule has 2 amide bonds. The summed E-state index contributed by atoms with van der Waals surface area (Å²) in [5, 5.41) is 5.79. The molecule has 2 rings (SSSR count). The molecule has 0 heterocycles. The van der Waals surface area contributed by atoms with Gasteiger partial charge in [-0.05, 0) is 30.5 Å². The van der Waals surface area contributed by atoms with Crippen molar-refractivity contribution in [1.29, 1.82) is 0 Å². The van der Waals surface area contributed by atoms with Crippen molar-refractivity contribution in [3.8, 4) is 0 Å². The van der Waals surface area contributed by atoms with E-state index in [1.54, 1.807) is 12.1 Å². The first kappa shape index (κ1) is 13.6. The van der Waals surface area contributed by atoms with Crippen LogP contribution in [0.4, 0.5) is 0 Å². The van der Waals surface area contributed by atoms with E-state index >= 15 is 0 Å². The summed E-state index contributed by atoms with van der Waals surface area (Å²) in [6.07, 6.45) is 4.60. The second-order valence-corrected chi connectivity index (χ2v) is 5.06. The predicted octanol–water partition coefficient (Wildman–Crippen LogP) is 2.00. The molecule has 0 saturated heterocycles. The zero-order valence-electron chi connectivity index (χ0n) is 11.2. The molecule has 102 valence electrons. The zero-order valence-corrected chi connectivity index (χ0v) is 11.2. The Kier molecular flexibility index (Phi) is 4.55. The van der Waals surface area contributed by atoms with E-state index in [1.165, 1.54) is 19.8 Å². The Balaban J connectivity index is 1.89. The van der Waals surface area contributed by atoms with Crippen molar-refractivity contribution in [3.05, 3.63) is 35.4 Å². The predicted molar refractivity (Wildman–Crippen MR) is 73.7 cm³/mol. The molecule has 0 unspecified atom stereocenters. The van der Waals surface area contributed by atoms with Gasteiger partial charge in [0.2, 0.25) is 5.91 Å². The molecule has 1 saturated carbocycles. The zero-order chi connectivity index (χ0) is 13.7. The van der Waals surface area contributed by atoms with Crippen LogP contribution in [0.2, 0.25) is 0 Å². The van der Waals surface area contributed by atoms with Crippen LogP contribution in [0.5, 0.6) is 0 Å². The average molecular weight is 260 g/mol. The fraction of sp³-hybridized carbons (Fsp3) is 0.467. The Labute approximate surface area is 113 Å². The number of benzene rings is 1. The molecule has 1 aliphatic rings. The lowest BCUT2D eigenvalue weighted by Gasteiger charge is -2.12. The van der Waals surface area contributed by atoms with Crippen LogP contribution in [0.25, 0.3) is 0 Å². The summed E-state index contributed by atoms with van der Waals surface area (Å²) in [4.78, 5) is 22.8. The number of nitrogens with one attached hydrogen (secondary N) is 2. The van der Waals surface area contributed by atoms with Gasteiger partial charge in [0, 0.05) is 25.1 Å². The van der Waals surface area contributed by atoms with Crippen LogP contribution in [0.15, 0.2) is 24.3 Å². The molecule has 0 spiro atoms. The second kappa shape index (κ2) is 6.36. The molecular formula is C15H20N2O2. The first-order valence-electron chi connectivity index (χ1n) is 6.79. The number of carbonyl (C=O) groups excluding carboxylic acids is 2. The van der Waals surface area contributed by atoms with Gasteiger partial charge in [0.15, 0.2) is 0 Å². The monoisotopic (exact) mass is 260 g/mol. The normalized spacial score (nSPS) is 15.2. The maximum Gasteiger partial charge on any atom is 0.251 e. The first-order chi connectivity index (χ1) is 9.15. The Hall–Kier alpha value is -1.84. The van der Waals surface area contributed by atoms with E-state index in [0.29, 0.717) is 18.2 Å². The molecule has 1 aliphatic carbocycles. The highest BCUT2D eigenvalue weighted by Crippen LogP contribution is 2.18. The molecule has 1 aromatic carbocycles. The SMILES string of the molecule is CC(=O)NCc1ccc(C(=O)NC2CCCC2)cc1. The van der Waals surface area contributed by atoms with Crippen molar-refractivity contribution in [2.75, 3.05) is 0 Å². The number of hydrogen-bond acceptors (Lipinski definition) is 2.